The molecule has 0 aliphatic carbocycles. The van der Waals surface area contributed by atoms with Crippen molar-refractivity contribution in [2.75, 3.05) is 31.1 Å². The van der Waals surface area contributed by atoms with Crippen molar-refractivity contribution in [3.8, 4) is 0 Å². The van der Waals surface area contributed by atoms with E-state index in [4.69, 9.17) is 0 Å². The van der Waals surface area contributed by atoms with Gasteiger partial charge in [0.1, 0.15) is 0 Å². The Morgan fingerprint density at radius 1 is 1.32 bits per heavy atom. The average Bonchev–Trinajstić information content (AvgIpc) is 2.99. The zero-order valence-electron chi connectivity index (χ0n) is 11.9. The van der Waals surface area contributed by atoms with Crippen LogP contribution in [0.5, 0.6) is 0 Å². The zero-order chi connectivity index (χ0) is 13.2. The van der Waals surface area contributed by atoms with Gasteiger partial charge in [-0.05, 0) is 48.5 Å². The van der Waals surface area contributed by atoms with Gasteiger partial charge < -0.3 is 10.2 Å². The third-order valence-corrected chi connectivity index (χ3v) is 6.31. The molecule has 3 rings (SSSR count). The largest absolute Gasteiger partial charge is 0.339 e. The van der Waals surface area contributed by atoms with E-state index in [1.165, 1.54) is 24.3 Å². The van der Waals surface area contributed by atoms with Crippen LogP contribution in [0.25, 0.3) is 0 Å². The highest BCUT2D eigenvalue weighted by molar-refractivity contribution is 7.99. The van der Waals surface area contributed by atoms with Gasteiger partial charge in [-0.3, -0.25) is 4.79 Å². The van der Waals surface area contributed by atoms with Gasteiger partial charge in [-0.2, -0.15) is 11.8 Å². The summed E-state index contributed by atoms with van der Waals surface area (Å²) in [5, 5.41) is 3.49. The summed E-state index contributed by atoms with van der Waals surface area (Å²) in [6.07, 6.45) is 4.42. The smallest absolute Gasteiger partial charge is 0.223 e. The highest BCUT2D eigenvalue weighted by atomic mass is 32.2. The Bertz CT molecular complexity index is 330. The number of hydrogen-bond donors (Lipinski definition) is 1. The molecule has 0 bridgehead atoms. The Balaban J connectivity index is 1.59. The zero-order valence-corrected chi connectivity index (χ0v) is 12.8. The van der Waals surface area contributed by atoms with Gasteiger partial charge >= 0.3 is 0 Å². The maximum absolute atomic E-state index is 12.6. The first-order valence-electron chi connectivity index (χ1n) is 7.87. The summed E-state index contributed by atoms with van der Waals surface area (Å²) in [4.78, 5) is 14.8. The molecular weight excluding hydrogens is 256 g/mol. The number of thioether (sulfide) groups is 1. The first kappa shape index (κ1) is 13.7. The fourth-order valence-electron chi connectivity index (χ4n) is 4.15. The van der Waals surface area contributed by atoms with Crippen LogP contribution in [0.1, 0.15) is 32.6 Å². The third kappa shape index (κ3) is 2.80. The van der Waals surface area contributed by atoms with Crippen molar-refractivity contribution < 1.29 is 4.79 Å². The summed E-state index contributed by atoms with van der Waals surface area (Å²) < 4.78 is 0. The van der Waals surface area contributed by atoms with E-state index in [1.54, 1.807) is 0 Å². The third-order valence-electron chi connectivity index (χ3n) is 5.26. The number of nitrogens with one attached hydrogen (secondary N) is 1. The number of likely N-dealkylation sites (tertiary alicyclic amines) is 1. The van der Waals surface area contributed by atoms with Crippen molar-refractivity contribution in [1.82, 2.24) is 10.2 Å². The van der Waals surface area contributed by atoms with Crippen LogP contribution >= 0.6 is 11.8 Å². The molecule has 3 nitrogen and oxygen atoms in total. The lowest BCUT2D eigenvalue weighted by Crippen LogP contribution is -2.40. The van der Waals surface area contributed by atoms with Crippen molar-refractivity contribution in [1.29, 1.82) is 0 Å². The molecule has 1 N–H and O–H groups in total. The first-order valence-corrected chi connectivity index (χ1v) is 9.03. The van der Waals surface area contributed by atoms with Crippen LogP contribution in [-0.4, -0.2) is 48.0 Å². The van der Waals surface area contributed by atoms with Crippen molar-refractivity contribution in [3.05, 3.63) is 0 Å². The minimum Gasteiger partial charge on any atom is -0.339 e. The minimum absolute atomic E-state index is 0.443. The highest BCUT2D eigenvalue weighted by Crippen LogP contribution is 2.35. The van der Waals surface area contributed by atoms with E-state index in [0.29, 0.717) is 17.9 Å². The van der Waals surface area contributed by atoms with Gasteiger partial charge in [0.05, 0.1) is 0 Å². The lowest BCUT2D eigenvalue weighted by atomic mass is 9.92. The first-order chi connectivity index (χ1) is 9.29. The van der Waals surface area contributed by atoms with E-state index < -0.39 is 0 Å². The molecule has 0 aromatic carbocycles. The Morgan fingerprint density at radius 3 is 2.84 bits per heavy atom. The van der Waals surface area contributed by atoms with Gasteiger partial charge in [-0.15, -0.1) is 0 Å². The van der Waals surface area contributed by atoms with Crippen molar-refractivity contribution >= 4 is 17.7 Å². The van der Waals surface area contributed by atoms with Crippen LogP contribution in [0, 0.1) is 17.8 Å². The fraction of sp³-hybridized carbons (Fsp3) is 0.933. The number of fused-ring (bicyclic) bond motifs is 1. The van der Waals surface area contributed by atoms with E-state index >= 15 is 0 Å². The Morgan fingerprint density at radius 2 is 2.11 bits per heavy atom. The second-order valence-corrected chi connectivity index (χ2v) is 7.59. The molecule has 108 valence electrons. The lowest BCUT2D eigenvalue weighted by Gasteiger charge is -2.29. The van der Waals surface area contributed by atoms with E-state index in [9.17, 15) is 4.79 Å². The number of rotatable bonds is 3. The molecule has 3 heterocycles. The van der Waals surface area contributed by atoms with Crippen LogP contribution in [0.3, 0.4) is 0 Å². The van der Waals surface area contributed by atoms with Gasteiger partial charge in [0, 0.05) is 32.1 Å². The van der Waals surface area contributed by atoms with E-state index in [1.807, 2.05) is 11.8 Å². The molecule has 3 atom stereocenters. The highest BCUT2D eigenvalue weighted by Gasteiger charge is 2.45. The monoisotopic (exact) mass is 282 g/mol. The topological polar surface area (TPSA) is 32.3 Å². The predicted octanol–water partition coefficient (Wildman–Crippen LogP) is 1.98. The Hall–Kier alpha value is -0.220. The SMILES string of the molecule is CCC1C2CNCC2CN1C(=O)CC1CCSCC1. The van der Waals surface area contributed by atoms with E-state index in [-0.39, 0.29) is 0 Å². The summed E-state index contributed by atoms with van der Waals surface area (Å²) in [5.74, 6) is 5.05. The molecule has 4 heteroatoms. The molecule has 0 saturated carbocycles. The second kappa shape index (κ2) is 6.04. The Kier molecular flexibility index (Phi) is 4.37. The molecule has 0 radical (unpaired) electrons. The molecule has 0 aromatic rings. The number of nitrogens with zero attached hydrogens (tertiary/aromatic N) is 1. The molecular formula is C15H26N2OS. The molecule has 0 aromatic heterocycles. The summed E-state index contributed by atoms with van der Waals surface area (Å²) in [6.45, 7) is 5.48. The predicted molar refractivity (Wildman–Crippen MR) is 80.3 cm³/mol. The maximum atomic E-state index is 12.6. The van der Waals surface area contributed by atoms with Crippen LogP contribution in [0.2, 0.25) is 0 Å². The summed E-state index contributed by atoms with van der Waals surface area (Å²) >= 11 is 2.04. The van der Waals surface area contributed by atoms with Crippen LogP contribution in [0.4, 0.5) is 0 Å². The van der Waals surface area contributed by atoms with Gasteiger partial charge in [-0.25, -0.2) is 0 Å². The van der Waals surface area contributed by atoms with Gasteiger partial charge in [-0.1, -0.05) is 6.92 Å². The normalized spacial score (nSPS) is 35.6. The molecule has 1 amide bonds. The molecule has 3 aliphatic rings. The van der Waals surface area contributed by atoms with Gasteiger partial charge in [0.25, 0.3) is 0 Å². The molecule has 3 fully saturated rings. The van der Waals surface area contributed by atoms with Gasteiger partial charge in [0.2, 0.25) is 5.91 Å². The molecule has 3 saturated heterocycles. The minimum atomic E-state index is 0.443. The van der Waals surface area contributed by atoms with Crippen molar-refractivity contribution in [2.24, 2.45) is 17.8 Å². The maximum Gasteiger partial charge on any atom is 0.223 e. The number of carbonyl (C=O) groups excluding carboxylic acids is 1. The summed E-state index contributed by atoms with van der Waals surface area (Å²) in [5.41, 5.74) is 0. The average molecular weight is 282 g/mol. The molecule has 3 unspecified atom stereocenters. The Labute approximate surface area is 120 Å². The number of carbonyl (C=O) groups is 1. The summed E-state index contributed by atoms with van der Waals surface area (Å²) in [7, 11) is 0. The van der Waals surface area contributed by atoms with Crippen molar-refractivity contribution in [2.45, 2.75) is 38.6 Å². The fourth-order valence-corrected chi connectivity index (χ4v) is 5.35. The lowest BCUT2D eigenvalue weighted by molar-refractivity contribution is -0.133. The van der Waals surface area contributed by atoms with Crippen LogP contribution in [0.15, 0.2) is 0 Å². The quantitative estimate of drug-likeness (QED) is 0.859. The molecule has 3 aliphatic heterocycles. The standard InChI is InChI=1S/C15H26N2OS/c1-2-14-13-9-16-8-12(13)10-17(14)15(18)7-11-3-5-19-6-4-11/h11-14,16H,2-10H2,1H3. The van der Waals surface area contributed by atoms with Crippen molar-refractivity contribution in [3.63, 3.8) is 0 Å². The van der Waals surface area contributed by atoms with E-state index in [2.05, 4.69) is 17.1 Å². The van der Waals surface area contributed by atoms with Gasteiger partial charge in [0.15, 0.2) is 0 Å². The molecule has 19 heavy (non-hydrogen) atoms. The number of amides is 1. The molecule has 0 spiro atoms. The second-order valence-electron chi connectivity index (χ2n) is 6.36. The number of hydrogen-bond acceptors (Lipinski definition) is 3. The summed E-state index contributed by atoms with van der Waals surface area (Å²) in [6, 6.07) is 0.505. The van der Waals surface area contributed by atoms with Crippen LogP contribution < -0.4 is 5.32 Å². The van der Waals surface area contributed by atoms with E-state index in [0.717, 1.165) is 44.3 Å². The van der Waals surface area contributed by atoms with Crippen LogP contribution in [-0.2, 0) is 4.79 Å².